The summed E-state index contributed by atoms with van der Waals surface area (Å²) in [5.41, 5.74) is 0.988. The second-order valence-electron chi connectivity index (χ2n) is 6.81. The largest absolute Gasteiger partial charge is 0.454 e. The van der Waals surface area contributed by atoms with Gasteiger partial charge >= 0.3 is 0 Å². The molecule has 0 saturated heterocycles. The number of fused-ring (bicyclic) bond motifs is 1. The van der Waals surface area contributed by atoms with Crippen molar-refractivity contribution >= 4 is 44.5 Å². The van der Waals surface area contributed by atoms with E-state index in [9.17, 15) is 18.0 Å². The van der Waals surface area contributed by atoms with Crippen molar-refractivity contribution in [2.75, 3.05) is 31.0 Å². The van der Waals surface area contributed by atoms with Gasteiger partial charge in [0.25, 0.3) is 15.9 Å². The molecular weight excluding hydrogens is 454 g/mol. The molecule has 0 aliphatic carbocycles. The zero-order chi connectivity index (χ0) is 22.7. The summed E-state index contributed by atoms with van der Waals surface area (Å²) in [5.74, 6) is 0.104. The molecule has 2 amide bonds. The first-order valence-electron chi connectivity index (χ1n) is 9.44. The molecular formula is C21H19N3O6S2. The van der Waals surface area contributed by atoms with E-state index in [4.69, 9.17) is 9.47 Å². The molecule has 0 spiro atoms. The Hall–Kier alpha value is -3.41. The summed E-state index contributed by atoms with van der Waals surface area (Å²) in [5, 5.41) is 7.02. The number of likely N-dealkylation sites (N-methyl/N-ethyl adjacent to an activating group) is 1. The molecule has 0 radical (unpaired) electrons. The first kappa shape index (κ1) is 21.8. The second kappa shape index (κ2) is 8.99. The number of anilines is 2. The highest BCUT2D eigenvalue weighted by Gasteiger charge is 2.24. The number of sulfonamides is 1. The van der Waals surface area contributed by atoms with Crippen molar-refractivity contribution in [1.29, 1.82) is 0 Å². The van der Waals surface area contributed by atoms with Gasteiger partial charge in [-0.15, -0.1) is 11.3 Å². The summed E-state index contributed by atoms with van der Waals surface area (Å²) >= 11 is 1.07. The standard InChI is InChI=1S/C21H19N3O6S2/c1-24(32(27,28)20-7-4-10-31-20)12-19(25)23-16-6-3-2-5-15(16)21(26)22-14-8-9-17-18(11-14)30-13-29-17/h2-11H,12-13H2,1H3,(H,22,26)(H,23,25). The van der Waals surface area contributed by atoms with Gasteiger partial charge in [-0.3, -0.25) is 9.59 Å². The van der Waals surface area contributed by atoms with Crippen LogP contribution in [-0.2, 0) is 14.8 Å². The molecule has 3 aromatic rings. The maximum atomic E-state index is 12.8. The Balaban J connectivity index is 1.45. The predicted octanol–water partition coefficient (Wildman–Crippen LogP) is 2.99. The number of rotatable bonds is 7. The van der Waals surface area contributed by atoms with Crippen molar-refractivity contribution in [1.82, 2.24) is 4.31 Å². The molecule has 0 unspecified atom stereocenters. The van der Waals surface area contributed by atoms with Gasteiger partial charge in [-0.2, -0.15) is 4.31 Å². The van der Waals surface area contributed by atoms with Crippen molar-refractivity contribution < 1.29 is 27.5 Å². The van der Waals surface area contributed by atoms with Crippen LogP contribution < -0.4 is 20.1 Å². The van der Waals surface area contributed by atoms with Gasteiger partial charge in [0, 0.05) is 18.8 Å². The Labute approximate surface area is 188 Å². The van der Waals surface area contributed by atoms with Crippen LogP contribution in [0.5, 0.6) is 11.5 Å². The fraction of sp³-hybridized carbons (Fsp3) is 0.143. The van der Waals surface area contributed by atoms with Crippen LogP contribution in [0.25, 0.3) is 0 Å². The lowest BCUT2D eigenvalue weighted by molar-refractivity contribution is -0.116. The van der Waals surface area contributed by atoms with Crippen LogP contribution in [0.4, 0.5) is 11.4 Å². The molecule has 2 heterocycles. The van der Waals surface area contributed by atoms with Gasteiger partial charge < -0.3 is 20.1 Å². The normalized spacial score (nSPS) is 12.6. The monoisotopic (exact) mass is 473 g/mol. The fourth-order valence-electron chi connectivity index (χ4n) is 3.00. The number of hydrogen-bond donors (Lipinski definition) is 2. The highest BCUT2D eigenvalue weighted by molar-refractivity contribution is 7.91. The summed E-state index contributed by atoms with van der Waals surface area (Å²) in [6, 6.07) is 14.6. The third-order valence-electron chi connectivity index (χ3n) is 4.60. The fourth-order valence-corrected chi connectivity index (χ4v) is 5.33. The molecule has 11 heteroatoms. The minimum Gasteiger partial charge on any atom is -0.454 e. The Morgan fingerprint density at radius 2 is 1.81 bits per heavy atom. The maximum absolute atomic E-state index is 12.8. The molecule has 0 fully saturated rings. The van der Waals surface area contributed by atoms with E-state index in [1.54, 1.807) is 53.9 Å². The van der Waals surface area contributed by atoms with Crippen LogP contribution in [0, 0.1) is 0 Å². The van der Waals surface area contributed by atoms with Gasteiger partial charge in [-0.25, -0.2) is 8.42 Å². The molecule has 0 saturated carbocycles. The zero-order valence-electron chi connectivity index (χ0n) is 16.9. The third-order valence-corrected chi connectivity index (χ3v) is 7.78. The molecule has 166 valence electrons. The van der Waals surface area contributed by atoms with Gasteiger partial charge in [0.1, 0.15) is 4.21 Å². The van der Waals surface area contributed by atoms with Crippen LogP contribution in [0.3, 0.4) is 0 Å². The number of hydrogen-bond acceptors (Lipinski definition) is 7. The van der Waals surface area contributed by atoms with E-state index in [1.165, 1.54) is 13.1 Å². The second-order valence-corrected chi connectivity index (χ2v) is 10.0. The Morgan fingerprint density at radius 1 is 1.03 bits per heavy atom. The number of para-hydroxylation sites is 1. The van der Waals surface area contributed by atoms with E-state index >= 15 is 0 Å². The summed E-state index contributed by atoms with van der Waals surface area (Å²) in [6.45, 7) is -0.281. The number of carbonyl (C=O) groups excluding carboxylic acids is 2. The summed E-state index contributed by atoms with van der Waals surface area (Å²) in [4.78, 5) is 25.3. The number of carbonyl (C=O) groups is 2. The lowest BCUT2D eigenvalue weighted by Crippen LogP contribution is -2.35. The summed E-state index contributed by atoms with van der Waals surface area (Å²) in [6.07, 6.45) is 0. The van der Waals surface area contributed by atoms with Gasteiger partial charge in [0.2, 0.25) is 12.7 Å². The molecule has 0 bridgehead atoms. The van der Waals surface area contributed by atoms with E-state index < -0.39 is 28.4 Å². The summed E-state index contributed by atoms with van der Waals surface area (Å²) in [7, 11) is -2.44. The van der Waals surface area contributed by atoms with E-state index in [0.29, 0.717) is 17.2 Å². The molecule has 9 nitrogen and oxygen atoms in total. The Kier molecular flexibility index (Phi) is 6.12. The number of amides is 2. The van der Waals surface area contributed by atoms with Crippen molar-refractivity contribution in [2.45, 2.75) is 4.21 Å². The molecule has 0 atom stereocenters. The minimum absolute atomic E-state index is 0.123. The van der Waals surface area contributed by atoms with Crippen LogP contribution in [0.2, 0.25) is 0 Å². The van der Waals surface area contributed by atoms with Crippen molar-refractivity contribution in [3.05, 3.63) is 65.5 Å². The van der Waals surface area contributed by atoms with Crippen LogP contribution >= 0.6 is 11.3 Å². The van der Waals surface area contributed by atoms with Crippen LogP contribution in [-0.4, -0.2) is 44.9 Å². The van der Waals surface area contributed by atoms with Crippen molar-refractivity contribution in [2.24, 2.45) is 0 Å². The number of ether oxygens (including phenoxy) is 2. The molecule has 2 aromatic carbocycles. The van der Waals surface area contributed by atoms with Crippen LogP contribution in [0.15, 0.2) is 64.2 Å². The zero-order valence-corrected chi connectivity index (χ0v) is 18.5. The minimum atomic E-state index is -3.77. The van der Waals surface area contributed by atoms with E-state index in [-0.39, 0.29) is 22.3 Å². The van der Waals surface area contributed by atoms with E-state index in [2.05, 4.69) is 10.6 Å². The van der Waals surface area contributed by atoms with E-state index in [0.717, 1.165) is 15.6 Å². The van der Waals surface area contributed by atoms with Crippen molar-refractivity contribution in [3.8, 4) is 11.5 Å². The molecule has 1 aliphatic rings. The first-order valence-corrected chi connectivity index (χ1v) is 11.8. The number of nitrogens with zero attached hydrogens (tertiary/aromatic N) is 1. The lowest BCUT2D eigenvalue weighted by Gasteiger charge is -2.17. The van der Waals surface area contributed by atoms with Gasteiger partial charge in [0.15, 0.2) is 11.5 Å². The van der Waals surface area contributed by atoms with Gasteiger partial charge in [-0.1, -0.05) is 18.2 Å². The third kappa shape index (κ3) is 4.59. The quantitative estimate of drug-likeness (QED) is 0.545. The highest BCUT2D eigenvalue weighted by atomic mass is 32.2. The molecule has 1 aliphatic heterocycles. The lowest BCUT2D eigenvalue weighted by atomic mass is 10.1. The van der Waals surface area contributed by atoms with Gasteiger partial charge in [-0.05, 0) is 35.7 Å². The molecule has 1 aromatic heterocycles. The van der Waals surface area contributed by atoms with Crippen LogP contribution in [0.1, 0.15) is 10.4 Å². The average molecular weight is 474 g/mol. The molecule has 4 rings (SSSR count). The summed E-state index contributed by atoms with van der Waals surface area (Å²) < 4.78 is 36.7. The molecule has 2 N–H and O–H groups in total. The first-order chi connectivity index (χ1) is 15.3. The Morgan fingerprint density at radius 3 is 2.59 bits per heavy atom. The Bertz CT molecular complexity index is 1260. The van der Waals surface area contributed by atoms with E-state index in [1.807, 2.05) is 0 Å². The van der Waals surface area contributed by atoms with Crippen molar-refractivity contribution in [3.63, 3.8) is 0 Å². The maximum Gasteiger partial charge on any atom is 0.257 e. The van der Waals surface area contributed by atoms with Gasteiger partial charge in [0.05, 0.1) is 17.8 Å². The smallest absolute Gasteiger partial charge is 0.257 e. The highest BCUT2D eigenvalue weighted by Crippen LogP contribution is 2.34. The average Bonchev–Trinajstić information content (AvgIpc) is 3.46. The number of benzene rings is 2. The SMILES string of the molecule is CN(CC(=O)Nc1ccccc1C(=O)Nc1ccc2c(c1)OCO2)S(=O)(=O)c1cccs1. The number of thiophene rings is 1. The predicted molar refractivity (Wildman–Crippen MR) is 120 cm³/mol. The topological polar surface area (TPSA) is 114 Å². The molecule has 32 heavy (non-hydrogen) atoms. The number of nitrogens with one attached hydrogen (secondary N) is 2.